The Kier molecular flexibility index (Phi) is 5.43. The summed E-state index contributed by atoms with van der Waals surface area (Å²) in [6, 6.07) is 4.34. The Hall–Kier alpha value is -1.64. The lowest BCUT2D eigenvalue weighted by Gasteiger charge is -2.09. The molecule has 1 aromatic carbocycles. The Morgan fingerprint density at radius 2 is 2.25 bits per heavy atom. The van der Waals surface area contributed by atoms with Gasteiger partial charge >= 0.3 is 5.97 Å². The smallest absolute Gasteiger partial charge is 0.327 e. The van der Waals surface area contributed by atoms with E-state index in [0.717, 1.165) is 6.07 Å². The van der Waals surface area contributed by atoms with Gasteiger partial charge in [0.15, 0.2) is 0 Å². The molecule has 86 valence electrons. The van der Waals surface area contributed by atoms with Gasteiger partial charge in [0.1, 0.15) is 17.9 Å². The van der Waals surface area contributed by atoms with Crippen LogP contribution in [-0.2, 0) is 9.53 Å². The molecular weight excluding hydrogens is 235 g/mol. The van der Waals surface area contributed by atoms with E-state index in [4.69, 9.17) is 11.0 Å². The molecule has 16 heavy (non-hydrogen) atoms. The number of ether oxygens (including phenoxy) is 1. The van der Waals surface area contributed by atoms with Crippen LogP contribution in [0.1, 0.15) is 17.2 Å². The molecule has 0 heterocycles. The van der Waals surface area contributed by atoms with Gasteiger partial charge in [0.05, 0.1) is 12.7 Å². The summed E-state index contributed by atoms with van der Waals surface area (Å²) in [5.74, 6) is -1.27. The van der Waals surface area contributed by atoms with Crippen LogP contribution in [0.2, 0.25) is 0 Å². The van der Waals surface area contributed by atoms with Gasteiger partial charge in [0, 0.05) is 0 Å². The average Bonchev–Trinajstić information content (AvgIpc) is 2.27. The van der Waals surface area contributed by atoms with Crippen molar-refractivity contribution in [2.45, 2.75) is 6.04 Å². The number of hydrogen-bond donors (Lipinski definition) is 1. The number of benzene rings is 1. The molecule has 6 heteroatoms. The highest BCUT2D eigenvalue weighted by molar-refractivity contribution is 5.85. The predicted octanol–water partition coefficient (Wildman–Crippen LogP) is 1.29. The highest BCUT2D eigenvalue weighted by Crippen LogP contribution is 2.15. The number of halogens is 2. The Morgan fingerprint density at radius 1 is 1.62 bits per heavy atom. The minimum atomic E-state index is -0.998. The lowest BCUT2D eigenvalue weighted by Crippen LogP contribution is -2.22. The summed E-state index contributed by atoms with van der Waals surface area (Å²) < 4.78 is 17.4. The van der Waals surface area contributed by atoms with E-state index in [1.54, 1.807) is 6.07 Å². The van der Waals surface area contributed by atoms with Crippen LogP contribution >= 0.6 is 12.4 Å². The molecule has 4 nitrogen and oxygen atoms in total. The molecule has 0 radical (unpaired) electrons. The molecule has 0 fully saturated rings. The third-order valence-corrected chi connectivity index (χ3v) is 1.93. The lowest BCUT2D eigenvalue weighted by atomic mass is 10.0. The second kappa shape index (κ2) is 6.05. The molecule has 0 aliphatic heterocycles. The van der Waals surface area contributed by atoms with Crippen molar-refractivity contribution in [1.82, 2.24) is 0 Å². The predicted molar refractivity (Wildman–Crippen MR) is 57.3 cm³/mol. The first kappa shape index (κ1) is 14.4. The Balaban J connectivity index is 0.00000225. The molecule has 0 saturated heterocycles. The largest absolute Gasteiger partial charge is 0.468 e. The van der Waals surface area contributed by atoms with Crippen LogP contribution in [-0.4, -0.2) is 13.1 Å². The van der Waals surface area contributed by atoms with Gasteiger partial charge in [-0.25, -0.2) is 4.39 Å². The highest BCUT2D eigenvalue weighted by atomic mass is 35.5. The summed E-state index contributed by atoms with van der Waals surface area (Å²) in [4.78, 5) is 11.1. The number of carbonyl (C=O) groups excluding carboxylic acids is 1. The van der Waals surface area contributed by atoms with Crippen molar-refractivity contribution in [2.75, 3.05) is 7.11 Å². The number of nitrogens with zero attached hydrogens (tertiary/aromatic N) is 1. The van der Waals surface area contributed by atoms with Crippen LogP contribution in [0.3, 0.4) is 0 Å². The second-order valence-corrected chi connectivity index (χ2v) is 2.85. The molecule has 0 amide bonds. The van der Waals surface area contributed by atoms with Crippen molar-refractivity contribution in [3.63, 3.8) is 0 Å². The van der Waals surface area contributed by atoms with Gasteiger partial charge < -0.3 is 10.5 Å². The standard InChI is InChI=1S/C10H9FN2O2.ClH/c1-15-10(14)9(13)6-2-3-8(11)7(4-6)5-12;/h2-4,9H,13H2,1H3;1H/t9-;/m0./s1. The molecule has 0 aliphatic carbocycles. The van der Waals surface area contributed by atoms with Crippen molar-refractivity contribution in [1.29, 1.82) is 5.26 Å². The Labute approximate surface area is 98.2 Å². The fourth-order valence-electron chi connectivity index (χ4n) is 1.09. The van der Waals surface area contributed by atoms with Gasteiger partial charge in [-0.15, -0.1) is 12.4 Å². The van der Waals surface area contributed by atoms with Crippen molar-refractivity contribution < 1.29 is 13.9 Å². The highest BCUT2D eigenvalue weighted by Gasteiger charge is 2.17. The minimum absolute atomic E-state index is 0. The van der Waals surface area contributed by atoms with E-state index in [2.05, 4.69) is 4.74 Å². The van der Waals surface area contributed by atoms with Crippen LogP contribution in [0.5, 0.6) is 0 Å². The van der Waals surface area contributed by atoms with Crippen molar-refractivity contribution >= 4 is 18.4 Å². The number of nitriles is 1. The van der Waals surface area contributed by atoms with Gasteiger partial charge in [-0.3, -0.25) is 4.79 Å². The lowest BCUT2D eigenvalue weighted by molar-refractivity contribution is -0.142. The van der Waals surface area contributed by atoms with Gasteiger partial charge in [0.2, 0.25) is 0 Å². The normalized spacial score (nSPS) is 10.9. The van der Waals surface area contributed by atoms with Crippen LogP contribution < -0.4 is 5.73 Å². The van der Waals surface area contributed by atoms with Crippen molar-refractivity contribution in [2.24, 2.45) is 5.73 Å². The molecule has 2 N–H and O–H groups in total. The fraction of sp³-hybridized carbons (Fsp3) is 0.200. The van der Waals surface area contributed by atoms with E-state index in [9.17, 15) is 9.18 Å². The quantitative estimate of drug-likeness (QED) is 0.796. The molecular formula is C10H10ClFN2O2. The first-order valence-corrected chi connectivity index (χ1v) is 4.13. The fourth-order valence-corrected chi connectivity index (χ4v) is 1.09. The molecule has 0 aromatic heterocycles. The van der Waals surface area contributed by atoms with E-state index in [0.29, 0.717) is 5.56 Å². The summed E-state index contributed by atoms with van der Waals surface area (Å²) in [5, 5.41) is 8.57. The summed E-state index contributed by atoms with van der Waals surface area (Å²) in [5.41, 5.74) is 5.72. The van der Waals surface area contributed by atoms with E-state index < -0.39 is 17.8 Å². The molecule has 0 spiro atoms. The molecule has 1 atom stereocenters. The van der Waals surface area contributed by atoms with E-state index >= 15 is 0 Å². The number of rotatable bonds is 2. The molecule has 0 aliphatic rings. The summed E-state index contributed by atoms with van der Waals surface area (Å²) in [6.45, 7) is 0. The number of hydrogen-bond acceptors (Lipinski definition) is 4. The first-order valence-electron chi connectivity index (χ1n) is 4.13. The van der Waals surface area contributed by atoms with Gasteiger partial charge in [-0.05, 0) is 17.7 Å². The number of methoxy groups -OCH3 is 1. The van der Waals surface area contributed by atoms with Crippen LogP contribution in [0, 0.1) is 17.1 Å². The molecule has 0 saturated carbocycles. The molecule has 0 bridgehead atoms. The van der Waals surface area contributed by atoms with Crippen LogP contribution in [0.4, 0.5) is 4.39 Å². The van der Waals surface area contributed by atoms with E-state index in [-0.39, 0.29) is 18.0 Å². The maximum Gasteiger partial charge on any atom is 0.327 e. The third-order valence-electron chi connectivity index (χ3n) is 1.93. The molecule has 1 aromatic rings. The van der Waals surface area contributed by atoms with Gasteiger partial charge in [-0.2, -0.15) is 5.26 Å². The summed E-state index contributed by atoms with van der Waals surface area (Å²) in [6.07, 6.45) is 0. The monoisotopic (exact) mass is 244 g/mol. The molecule has 0 unspecified atom stereocenters. The van der Waals surface area contributed by atoms with Crippen LogP contribution in [0.25, 0.3) is 0 Å². The van der Waals surface area contributed by atoms with E-state index in [1.807, 2.05) is 0 Å². The number of carbonyl (C=O) groups is 1. The number of esters is 1. The van der Waals surface area contributed by atoms with Crippen LogP contribution in [0.15, 0.2) is 18.2 Å². The zero-order valence-electron chi connectivity index (χ0n) is 8.44. The minimum Gasteiger partial charge on any atom is -0.468 e. The second-order valence-electron chi connectivity index (χ2n) is 2.85. The average molecular weight is 245 g/mol. The third kappa shape index (κ3) is 2.92. The van der Waals surface area contributed by atoms with Gasteiger partial charge in [-0.1, -0.05) is 6.07 Å². The Bertz CT molecular complexity index is 431. The topological polar surface area (TPSA) is 76.1 Å². The zero-order valence-corrected chi connectivity index (χ0v) is 9.25. The zero-order chi connectivity index (χ0) is 11.4. The van der Waals surface area contributed by atoms with Crippen molar-refractivity contribution in [3.8, 4) is 6.07 Å². The van der Waals surface area contributed by atoms with Crippen molar-refractivity contribution in [3.05, 3.63) is 35.1 Å². The first-order chi connectivity index (χ1) is 7.10. The maximum absolute atomic E-state index is 12.9. The summed E-state index contributed by atoms with van der Waals surface area (Å²) >= 11 is 0. The Morgan fingerprint density at radius 3 is 2.75 bits per heavy atom. The van der Waals surface area contributed by atoms with Gasteiger partial charge in [0.25, 0.3) is 0 Å². The SMILES string of the molecule is COC(=O)[C@@H](N)c1ccc(F)c(C#N)c1.Cl. The van der Waals surface area contributed by atoms with E-state index in [1.165, 1.54) is 19.2 Å². The maximum atomic E-state index is 12.9. The summed E-state index contributed by atoms with van der Waals surface area (Å²) in [7, 11) is 1.21. The molecule has 1 rings (SSSR count). The number of nitrogens with two attached hydrogens (primary N) is 1.